The Hall–Kier alpha value is -3.36. The Kier molecular flexibility index (Phi) is 9.13. The van der Waals surface area contributed by atoms with Crippen molar-refractivity contribution >= 4 is 28.6 Å². The number of nitrogens with one attached hydrogen (secondary N) is 1. The third-order valence-corrected chi connectivity index (χ3v) is 10.3. The molecule has 5 rings (SSSR count). The minimum absolute atomic E-state index is 0.0293. The summed E-state index contributed by atoms with van der Waals surface area (Å²) in [5, 5.41) is 12.8. The molecule has 9 nitrogen and oxygen atoms in total. The second kappa shape index (κ2) is 12.4. The van der Waals surface area contributed by atoms with Crippen molar-refractivity contribution in [1.82, 2.24) is 14.5 Å². The van der Waals surface area contributed by atoms with E-state index >= 15 is 0 Å². The molecule has 2 amide bonds. The van der Waals surface area contributed by atoms with Gasteiger partial charge >= 0.3 is 6.36 Å². The Morgan fingerprint density at radius 3 is 2.29 bits per heavy atom. The van der Waals surface area contributed by atoms with Crippen LogP contribution in [-0.4, -0.2) is 85.6 Å². The van der Waals surface area contributed by atoms with Crippen LogP contribution >= 0.6 is 0 Å². The molecule has 0 aliphatic carbocycles. The van der Waals surface area contributed by atoms with Gasteiger partial charge in [0.15, 0.2) is 11.6 Å². The van der Waals surface area contributed by atoms with Crippen molar-refractivity contribution in [3.05, 3.63) is 64.0 Å². The molecule has 3 heterocycles. The summed E-state index contributed by atoms with van der Waals surface area (Å²) in [6.45, 7) is 7.28. The van der Waals surface area contributed by atoms with E-state index in [4.69, 9.17) is 0 Å². The van der Waals surface area contributed by atoms with Gasteiger partial charge in [0.05, 0.1) is 16.6 Å². The lowest BCUT2D eigenvalue weighted by atomic mass is 9.89. The van der Waals surface area contributed by atoms with Gasteiger partial charge in [0.2, 0.25) is 0 Å². The van der Waals surface area contributed by atoms with Crippen LogP contribution in [0.25, 0.3) is 0 Å². The Morgan fingerprint density at radius 2 is 1.69 bits per heavy atom. The molecular weight excluding hydrogens is 616 g/mol. The predicted octanol–water partition coefficient (Wildman–Crippen LogP) is 3.95. The molecule has 2 aromatic rings. The molecule has 2 fully saturated rings. The van der Waals surface area contributed by atoms with E-state index in [0.29, 0.717) is 56.8 Å². The highest BCUT2D eigenvalue weighted by molar-refractivity contribution is 7.82. The smallest absolute Gasteiger partial charge is 0.403 e. The molecule has 1 spiro atoms. The number of aliphatic imine (C=N–C) groups is 1. The van der Waals surface area contributed by atoms with Crippen LogP contribution in [0.2, 0.25) is 0 Å². The topological polar surface area (TPSA) is 112 Å². The number of piperidine rings is 2. The van der Waals surface area contributed by atoms with Crippen LogP contribution < -0.4 is 10.1 Å². The SMILES string of the molecule is Cc1cc(C(=O)N2CCC(C)(O)CC2)cc(C)c1CCS(=O)N1CCC2(CC1)N=C(c1ccc(F)c(OC(F)(F)F)c1)NC2=O. The highest BCUT2D eigenvalue weighted by Crippen LogP contribution is 2.33. The monoisotopic (exact) mass is 652 g/mol. The van der Waals surface area contributed by atoms with Gasteiger partial charge in [-0.2, -0.15) is 0 Å². The fourth-order valence-corrected chi connectivity index (χ4v) is 7.34. The van der Waals surface area contributed by atoms with Crippen LogP contribution in [0.15, 0.2) is 35.3 Å². The molecule has 0 saturated carbocycles. The van der Waals surface area contributed by atoms with Gasteiger partial charge in [-0.1, -0.05) is 0 Å². The normalized spacial score (nSPS) is 20.6. The van der Waals surface area contributed by atoms with Gasteiger partial charge in [0.1, 0.15) is 11.4 Å². The molecule has 2 N–H and O–H groups in total. The van der Waals surface area contributed by atoms with Crippen LogP contribution in [0.4, 0.5) is 17.6 Å². The maximum Gasteiger partial charge on any atom is 0.573 e. The van der Waals surface area contributed by atoms with E-state index < -0.39 is 46.0 Å². The first-order valence-corrected chi connectivity index (χ1v) is 16.1. The number of amidine groups is 1. The number of carbonyl (C=O) groups excluding carboxylic acids is 2. The molecule has 0 bridgehead atoms. The number of aryl methyl sites for hydroxylation is 2. The molecular formula is C31H36F4N4O5S. The van der Waals surface area contributed by atoms with E-state index in [1.807, 2.05) is 26.0 Å². The molecule has 3 aliphatic heterocycles. The third-order valence-electron chi connectivity index (χ3n) is 8.85. The molecule has 2 aromatic carbocycles. The Bertz CT molecular complexity index is 1520. The summed E-state index contributed by atoms with van der Waals surface area (Å²) in [6, 6.07) is 6.60. The van der Waals surface area contributed by atoms with E-state index in [-0.39, 0.29) is 30.1 Å². The summed E-state index contributed by atoms with van der Waals surface area (Å²) >= 11 is 0. The van der Waals surface area contributed by atoms with E-state index in [2.05, 4.69) is 15.0 Å². The zero-order valence-corrected chi connectivity index (χ0v) is 26.1. The van der Waals surface area contributed by atoms with Crippen molar-refractivity contribution in [3.8, 4) is 5.75 Å². The molecule has 0 aromatic heterocycles. The number of alkyl halides is 3. The lowest BCUT2D eigenvalue weighted by Gasteiger charge is -2.36. The maximum absolute atomic E-state index is 13.9. The van der Waals surface area contributed by atoms with Crippen LogP contribution in [0, 0.1) is 19.7 Å². The Morgan fingerprint density at radius 1 is 1.07 bits per heavy atom. The third kappa shape index (κ3) is 7.39. The number of amides is 2. The van der Waals surface area contributed by atoms with Crippen LogP contribution in [0.5, 0.6) is 5.75 Å². The second-order valence-electron chi connectivity index (χ2n) is 12.2. The summed E-state index contributed by atoms with van der Waals surface area (Å²) in [6.07, 6.45) is -2.98. The fourth-order valence-electron chi connectivity index (χ4n) is 6.11. The minimum Gasteiger partial charge on any atom is -0.403 e. The predicted molar refractivity (Wildman–Crippen MR) is 160 cm³/mol. The first-order valence-electron chi connectivity index (χ1n) is 14.8. The van der Waals surface area contributed by atoms with E-state index in [1.165, 1.54) is 6.07 Å². The highest BCUT2D eigenvalue weighted by Gasteiger charge is 2.47. The molecule has 45 heavy (non-hydrogen) atoms. The number of benzene rings is 2. The van der Waals surface area contributed by atoms with Crippen LogP contribution in [-0.2, 0) is 22.2 Å². The number of nitrogens with zero attached hydrogens (tertiary/aromatic N) is 3. The minimum atomic E-state index is -5.08. The number of halogens is 4. The number of hydrogen-bond donors (Lipinski definition) is 2. The first-order chi connectivity index (χ1) is 21.1. The molecule has 244 valence electrons. The Balaban J connectivity index is 1.18. The van der Waals surface area contributed by atoms with Crippen molar-refractivity contribution in [3.63, 3.8) is 0 Å². The molecule has 1 atom stereocenters. The van der Waals surface area contributed by atoms with Gasteiger partial charge in [-0.25, -0.2) is 12.9 Å². The largest absolute Gasteiger partial charge is 0.573 e. The number of likely N-dealkylation sites (tertiary alicyclic amines) is 1. The summed E-state index contributed by atoms with van der Waals surface area (Å²) in [5.41, 5.74) is 1.66. The summed E-state index contributed by atoms with van der Waals surface area (Å²) in [4.78, 5) is 32.3. The maximum atomic E-state index is 13.9. The lowest BCUT2D eigenvalue weighted by molar-refractivity contribution is -0.275. The summed E-state index contributed by atoms with van der Waals surface area (Å²) in [5.74, 6) is -2.32. The Labute approximate surface area is 261 Å². The van der Waals surface area contributed by atoms with Gasteiger partial charge in [-0.3, -0.25) is 14.6 Å². The average molecular weight is 653 g/mol. The quantitative estimate of drug-likeness (QED) is 0.441. The van der Waals surface area contributed by atoms with Crippen molar-refractivity contribution in [1.29, 1.82) is 0 Å². The molecule has 2 saturated heterocycles. The van der Waals surface area contributed by atoms with E-state index in [9.17, 15) is 36.5 Å². The number of rotatable bonds is 7. The second-order valence-corrected chi connectivity index (χ2v) is 13.8. The first kappa shape index (κ1) is 33.0. The number of hydrogen-bond acceptors (Lipinski definition) is 6. The van der Waals surface area contributed by atoms with Gasteiger partial charge in [-0.05, 0) is 99.9 Å². The van der Waals surface area contributed by atoms with E-state index in [1.54, 1.807) is 16.1 Å². The van der Waals surface area contributed by atoms with Gasteiger partial charge < -0.3 is 20.1 Å². The molecule has 3 aliphatic rings. The van der Waals surface area contributed by atoms with Crippen molar-refractivity contribution in [2.75, 3.05) is 31.9 Å². The van der Waals surface area contributed by atoms with E-state index in [0.717, 1.165) is 28.8 Å². The van der Waals surface area contributed by atoms with Crippen molar-refractivity contribution in [2.24, 2.45) is 4.99 Å². The highest BCUT2D eigenvalue weighted by atomic mass is 32.2. The van der Waals surface area contributed by atoms with Crippen LogP contribution in [0.1, 0.15) is 65.2 Å². The summed E-state index contributed by atoms with van der Waals surface area (Å²) in [7, 11) is -1.35. The number of ether oxygens (including phenoxy) is 1. The molecule has 1 unspecified atom stereocenters. The fraction of sp³-hybridized carbons (Fsp3) is 0.516. The summed E-state index contributed by atoms with van der Waals surface area (Å²) < 4.78 is 70.7. The van der Waals surface area contributed by atoms with Crippen molar-refractivity contribution < 1.29 is 41.2 Å². The molecule has 14 heteroatoms. The zero-order valence-electron chi connectivity index (χ0n) is 25.3. The number of carbonyl (C=O) groups is 2. The van der Waals surface area contributed by atoms with Gasteiger partial charge in [0.25, 0.3) is 11.8 Å². The average Bonchev–Trinajstić information content (AvgIpc) is 3.27. The lowest BCUT2D eigenvalue weighted by Crippen LogP contribution is -2.49. The van der Waals surface area contributed by atoms with Crippen molar-refractivity contribution in [2.45, 2.75) is 70.4 Å². The van der Waals surface area contributed by atoms with Gasteiger partial charge in [-0.15, -0.1) is 13.2 Å². The van der Waals surface area contributed by atoms with Gasteiger partial charge in [0, 0.05) is 43.1 Å². The number of aliphatic hydroxyl groups is 1. The van der Waals surface area contributed by atoms with Crippen LogP contribution in [0.3, 0.4) is 0 Å². The zero-order chi connectivity index (χ0) is 32.7. The standard InChI is InChI=1S/C31H36F4N4O5S/c1-19-16-22(27(40)38-11-7-29(3,42)8-12-38)17-20(2)23(19)6-15-45(43)39-13-9-30(10-14-39)28(41)36-26(37-30)21-4-5-24(32)25(18-21)44-31(33,34)35/h4-5,16-18,42H,6-15H2,1-3H3,(H,36,37,41). The molecule has 0 radical (unpaired) electrons.